The van der Waals surface area contributed by atoms with E-state index in [1.54, 1.807) is 0 Å². The minimum atomic E-state index is -0.000239. The molecule has 2 aliphatic carbocycles. The molecule has 23 heavy (non-hydrogen) atoms. The fourth-order valence-corrected chi connectivity index (χ4v) is 4.12. The summed E-state index contributed by atoms with van der Waals surface area (Å²) in [6.45, 7) is 5.15. The number of nitrogens with two attached hydrogens (primary N) is 1. The summed E-state index contributed by atoms with van der Waals surface area (Å²) < 4.78 is 5.67. The highest BCUT2D eigenvalue weighted by molar-refractivity contribution is 5.85. The lowest BCUT2D eigenvalue weighted by Gasteiger charge is -2.27. The summed E-state index contributed by atoms with van der Waals surface area (Å²) in [7, 11) is 0. The third kappa shape index (κ3) is 3.64. The highest BCUT2D eigenvalue weighted by Crippen LogP contribution is 2.47. The highest BCUT2D eigenvalue weighted by Gasteiger charge is 2.48. The van der Waals surface area contributed by atoms with Crippen LogP contribution in [-0.4, -0.2) is 18.6 Å². The molecule has 3 N–H and O–H groups in total. The smallest absolute Gasteiger partial charge is 0.225 e. The van der Waals surface area contributed by atoms with Gasteiger partial charge in [-0.2, -0.15) is 0 Å². The summed E-state index contributed by atoms with van der Waals surface area (Å²) >= 11 is 0. The van der Waals surface area contributed by atoms with E-state index in [1.807, 2.05) is 32.0 Å². The Kier molecular flexibility index (Phi) is 5.93. The average molecular weight is 339 g/mol. The van der Waals surface area contributed by atoms with Crippen molar-refractivity contribution in [2.75, 3.05) is 6.61 Å². The standard InChI is InChI=1S/C18H26N2O2.ClH/c1-3-22-15-8-11(2)4-5-14(15)10-20-18(21)16-12-6-7-13(9-12)17(16)19;/h4-5,8,12-13,16-17H,3,6-7,9-10,19H2,1-2H3,(H,20,21);1H. The molecule has 128 valence electrons. The van der Waals surface area contributed by atoms with Gasteiger partial charge in [-0.3, -0.25) is 4.79 Å². The number of ether oxygens (including phenoxy) is 1. The molecule has 2 saturated carbocycles. The van der Waals surface area contributed by atoms with Gasteiger partial charge in [0.25, 0.3) is 0 Å². The van der Waals surface area contributed by atoms with Gasteiger partial charge < -0.3 is 15.8 Å². The number of halogens is 1. The predicted molar refractivity (Wildman–Crippen MR) is 93.7 cm³/mol. The van der Waals surface area contributed by atoms with E-state index in [-0.39, 0.29) is 30.3 Å². The van der Waals surface area contributed by atoms with Gasteiger partial charge in [0.15, 0.2) is 0 Å². The molecule has 4 unspecified atom stereocenters. The van der Waals surface area contributed by atoms with Crippen molar-refractivity contribution in [3.8, 4) is 5.75 Å². The van der Waals surface area contributed by atoms with Crippen LogP contribution in [0.1, 0.15) is 37.3 Å². The maximum Gasteiger partial charge on any atom is 0.225 e. The number of hydrogen-bond acceptors (Lipinski definition) is 3. The van der Waals surface area contributed by atoms with Crippen molar-refractivity contribution in [1.29, 1.82) is 0 Å². The molecule has 1 aromatic rings. The molecule has 2 bridgehead atoms. The molecule has 0 aromatic heterocycles. The Morgan fingerprint density at radius 1 is 1.35 bits per heavy atom. The lowest BCUT2D eigenvalue weighted by Crippen LogP contribution is -2.45. The average Bonchev–Trinajstić information content (AvgIpc) is 3.07. The molecule has 0 heterocycles. The second-order valence-corrected chi connectivity index (χ2v) is 6.70. The first kappa shape index (κ1) is 18.1. The Bertz CT molecular complexity index is 562. The number of amides is 1. The maximum atomic E-state index is 12.5. The largest absolute Gasteiger partial charge is 0.494 e. The van der Waals surface area contributed by atoms with Crippen molar-refractivity contribution in [2.24, 2.45) is 23.5 Å². The topological polar surface area (TPSA) is 64.3 Å². The number of aryl methyl sites for hydroxylation is 1. The highest BCUT2D eigenvalue weighted by atomic mass is 35.5. The number of benzene rings is 1. The molecule has 1 amide bonds. The molecule has 2 fully saturated rings. The lowest BCUT2D eigenvalue weighted by molar-refractivity contribution is -0.127. The Labute approximate surface area is 144 Å². The van der Waals surface area contributed by atoms with E-state index in [4.69, 9.17) is 10.5 Å². The number of nitrogens with one attached hydrogen (secondary N) is 1. The van der Waals surface area contributed by atoms with Crippen molar-refractivity contribution in [3.05, 3.63) is 29.3 Å². The van der Waals surface area contributed by atoms with Gasteiger partial charge in [-0.25, -0.2) is 0 Å². The van der Waals surface area contributed by atoms with Crippen LogP contribution in [0.25, 0.3) is 0 Å². The second kappa shape index (κ2) is 7.54. The molecule has 1 aromatic carbocycles. The number of hydrogen-bond donors (Lipinski definition) is 2. The zero-order chi connectivity index (χ0) is 15.7. The Balaban J connectivity index is 0.00000192. The number of rotatable bonds is 5. The summed E-state index contributed by atoms with van der Waals surface area (Å²) in [6, 6.07) is 6.14. The second-order valence-electron chi connectivity index (χ2n) is 6.70. The minimum absolute atomic E-state index is 0. The first-order valence-corrected chi connectivity index (χ1v) is 8.35. The van der Waals surface area contributed by atoms with Crippen LogP contribution in [0.3, 0.4) is 0 Å². The van der Waals surface area contributed by atoms with E-state index in [0.29, 0.717) is 25.0 Å². The van der Waals surface area contributed by atoms with Gasteiger partial charge in [-0.1, -0.05) is 12.1 Å². The number of carbonyl (C=O) groups is 1. The van der Waals surface area contributed by atoms with Crippen molar-refractivity contribution in [3.63, 3.8) is 0 Å². The van der Waals surface area contributed by atoms with Crippen LogP contribution >= 0.6 is 12.4 Å². The monoisotopic (exact) mass is 338 g/mol. The van der Waals surface area contributed by atoms with E-state index < -0.39 is 0 Å². The summed E-state index contributed by atoms with van der Waals surface area (Å²) in [4.78, 5) is 12.5. The zero-order valence-electron chi connectivity index (χ0n) is 13.9. The molecule has 2 aliphatic rings. The van der Waals surface area contributed by atoms with Crippen molar-refractivity contribution in [1.82, 2.24) is 5.32 Å². The van der Waals surface area contributed by atoms with Gasteiger partial charge in [0, 0.05) is 18.2 Å². The number of fused-ring (bicyclic) bond motifs is 2. The van der Waals surface area contributed by atoms with Crippen LogP contribution in [0.15, 0.2) is 18.2 Å². The molecule has 5 heteroatoms. The molecule has 0 spiro atoms. The van der Waals surface area contributed by atoms with Crippen LogP contribution in [-0.2, 0) is 11.3 Å². The van der Waals surface area contributed by atoms with Crippen LogP contribution in [0.5, 0.6) is 5.75 Å². The normalized spacial score (nSPS) is 28.3. The maximum absolute atomic E-state index is 12.5. The van der Waals surface area contributed by atoms with Crippen LogP contribution in [0.4, 0.5) is 0 Å². The molecule has 3 rings (SSSR count). The molecule has 0 aliphatic heterocycles. The fraction of sp³-hybridized carbons (Fsp3) is 0.611. The first-order chi connectivity index (χ1) is 10.6. The summed E-state index contributed by atoms with van der Waals surface area (Å²) in [5.41, 5.74) is 8.43. The van der Waals surface area contributed by atoms with Gasteiger partial charge >= 0.3 is 0 Å². The van der Waals surface area contributed by atoms with Gasteiger partial charge in [0.05, 0.1) is 12.5 Å². The quantitative estimate of drug-likeness (QED) is 0.867. The third-order valence-corrected chi connectivity index (χ3v) is 5.26. The van der Waals surface area contributed by atoms with E-state index in [0.717, 1.165) is 29.7 Å². The van der Waals surface area contributed by atoms with Gasteiger partial charge in [0.2, 0.25) is 5.91 Å². The third-order valence-electron chi connectivity index (χ3n) is 5.26. The Morgan fingerprint density at radius 3 is 2.74 bits per heavy atom. The fourth-order valence-electron chi connectivity index (χ4n) is 4.12. The lowest BCUT2D eigenvalue weighted by atomic mass is 9.84. The van der Waals surface area contributed by atoms with E-state index in [2.05, 4.69) is 5.32 Å². The summed E-state index contributed by atoms with van der Waals surface area (Å²) in [5.74, 6) is 2.02. The van der Waals surface area contributed by atoms with Crippen molar-refractivity contribution < 1.29 is 9.53 Å². The summed E-state index contributed by atoms with van der Waals surface area (Å²) in [6.07, 6.45) is 3.49. The van der Waals surface area contributed by atoms with Crippen LogP contribution in [0, 0.1) is 24.7 Å². The Morgan fingerprint density at radius 2 is 2.09 bits per heavy atom. The van der Waals surface area contributed by atoms with E-state index in [1.165, 1.54) is 6.42 Å². The van der Waals surface area contributed by atoms with Gasteiger partial charge in [0.1, 0.15) is 5.75 Å². The van der Waals surface area contributed by atoms with Crippen LogP contribution in [0.2, 0.25) is 0 Å². The van der Waals surface area contributed by atoms with E-state index in [9.17, 15) is 4.79 Å². The first-order valence-electron chi connectivity index (χ1n) is 8.35. The minimum Gasteiger partial charge on any atom is -0.494 e. The van der Waals surface area contributed by atoms with Crippen molar-refractivity contribution in [2.45, 2.75) is 45.7 Å². The van der Waals surface area contributed by atoms with Gasteiger partial charge in [-0.15, -0.1) is 12.4 Å². The molecule has 0 saturated heterocycles. The predicted octanol–water partition coefficient (Wildman–Crippen LogP) is 2.81. The summed E-state index contributed by atoms with van der Waals surface area (Å²) in [5, 5.41) is 3.08. The van der Waals surface area contributed by atoms with Crippen LogP contribution < -0.4 is 15.8 Å². The SMILES string of the molecule is CCOc1cc(C)ccc1CNC(=O)C1C2CCC(C2)C1N.Cl. The molecule has 4 nitrogen and oxygen atoms in total. The van der Waals surface area contributed by atoms with Crippen molar-refractivity contribution >= 4 is 18.3 Å². The molecular weight excluding hydrogens is 312 g/mol. The Hall–Kier alpha value is -1.26. The van der Waals surface area contributed by atoms with Gasteiger partial charge in [-0.05, 0) is 56.6 Å². The number of carbonyl (C=O) groups excluding carboxylic acids is 1. The molecule has 4 atom stereocenters. The molecular formula is C18H27ClN2O2. The van der Waals surface area contributed by atoms with E-state index >= 15 is 0 Å². The zero-order valence-corrected chi connectivity index (χ0v) is 14.7. The molecule has 0 radical (unpaired) electrons.